The van der Waals surface area contributed by atoms with Crippen molar-refractivity contribution in [2.24, 2.45) is 0 Å². The maximum Gasteiger partial charge on any atom is 0.512 e. The molecule has 0 atom stereocenters. The minimum Gasteiger partial charge on any atom is -0.508 e. The Morgan fingerprint density at radius 1 is 1.22 bits per heavy atom. The number of fused-ring (bicyclic) bond motifs is 1. The third-order valence-corrected chi connectivity index (χ3v) is 4.02. The van der Waals surface area contributed by atoms with Gasteiger partial charge in [0.2, 0.25) is 5.88 Å². The van der Waals surface area contributed by atoms with E-state index in [0.29, 0.717) is 17.0 Å². The molecule has 6 heteroatoms. The number of aryl methyl sites for hydroxylation is 1. The molecule has 5 nitrogen and oxygen atoms in total. The number of phenolic OH excluding ortho intramolecular Hbond substituents is 1. The zero-order valence-electron chi connectivity index (χ0n) is 12.3. The molecular formula is C17H14ClNO4. The highest BCUT2D eigenvalue weighted by Gasteiger charge is 2.14. The van der Waals surface area contributed by atoms with Crippen molar-refractivity contribution in [3.8, 4) is 11.6 Å². The van der Waals surface area contributed by atoms with Crippen LogP contribution >= 0.6 is 11.6 Å². The lowest BCUT2D eigenvalue weighted by Crippen LogP contribution is -2.09. The first-order chi connectivity index (χ1) is 10.9. The van der Waals surface area contributed by atoms with Crippen LogP contribution in [0.5, 0.6) is 11.6 Å². The third kappa shape index (κ3) is 3.10. The standard InChI is InChI=1S/C17H14ClNO4/c1-10-2-3-11(6-14(10)18)9-19-15-5-4-13(20)7-12(15)8-16(19)23-17(21)22/h2-8,20H,9H2,1H3,(H,21,22). The van der Waals surface area contributed by atoms with Crippen molar-refractivity contribution in [2.75, 3.05) is 0 Å². The summed E-state index contributed by atoms with van der Waals surface area (Å²) in [5.74, 6) is 0.296. The molecule has 2 N–H and O–H groups in total. The average molecular weight is 332 g/mol. The molecule has 0 unspecified atom stereocenters. The van der Waals surface area contributed by atoms with E-state index < -0.39 is 6.16 Å². The zero-order chi connectivity index (χ0) is 16.6. The van der Waals surface area contributed by atoms with Crippen molar-refractivity contribution in [3.05, 3.63) is 58.6 Å². The van der Waals surface area contributed by atoms with Gasteiger partial charge in [-0.1, -0.05) is 23.7 Å². The summed E-state index contributed by atoms with van der Waals surface area (Å²) >= 11 is 6.15. The first kappa shape index (κ1) is 15.2. The van der Waals surface area contributed by atoms with Gasteiger partial charge in [0.25, 0.3) is 0 Å². The molecule has 118 valence electrons. The molecule has 3 aromatic rings. The van der Waals surface area contributed by atoms with Crippen molar-refractivity contribution in [1.29, 1.82) is 0 Å². The Hall–Kier alpha value is -2.66. The number of carboxylic acid groups (broad SMARTS) is 1. The summed E-state index contributed by atoms with van der Waals surface area (Å²) in [5, 5.41) is 19.8. The Balaban J connectivity index is 2.09. The maximum atomic E-state index is 10.9. The smallest absolute Gasteiger partial charge is 0.508 e. The van der Waals surface area contributed by atoms with Gasteiger partial charge < -0.3 is 19.5 Å². The maximum absolute atomic E-state index is 10.9. The number of aromatic nitrogens is 1. The van der Waals surface area contributed by atoms with E-state index in [-0.39, 0.29) is 11.6 Å². The minimum absolute atomic E-state index is 0.106. The average Bonchev–Trinajstić information content (AvgIpc) is 2.79. The number of benzene rings is 2. The number of hydrogen-bond acceptors (Lipinski definition) is 3. The fourth-order valence-corrected chi connectivity index (χ4v) is 2.69. The first-order valence-corrected chi connectivity index (χ1v) is 7.30. The lowest BCUT2D eigenvalue weighted by atomic mass is 10.1. The third-order valence-electron chi connectivity index (χ3n) is 3.62. The fourth-order valence-electron chi connectivity index (χ4n) is 2.49. The highest BCUT2D eigenvalue weighted by atomic mass is 35.5. The number of aromatic hydroxyl groups is 1. The van der Waals surface area contributed by atoms with E-state index in [1.807, 2.05) is 25.1 Å². The van der Waals surface area contributed by atoms with Gasteiger partial charge in [0.1, 0.15) is 5.75 Å². The number of ether oxygens (including phenoxy) is 1. The minimum atomic E-state index is -1.39. The molecule has 1 aromatic heterocycles. The summed E-state index contributed by atoms with van der Waals surface area (Å²) in [6.45, 7) is 2.32. The summed E-state index contributed by atoms with van der Waals surface area (Å²) in [7, 11) is 0. The molecular weight excluding hydrogens is 318 g/mol. The van der Waals surface area contributed by atoms with Gasteiger partial charge in [0.05, 0.1) is 12.1 Å². The van der Waals surface area contributed by atoms with Crippen LogP contribution in [0.25, 0.3) is 10.9 Å². The Morgan fingerprint density at radius 3 is 2.70 bits per heavy atom. The number of rotatable bonds is 3. The molecule has 3 rings (SSSR count). The number of phenols is 1. The normalized spacial score (nSPS) is 10.9. The van der Waals surface area contributed by atoms with E-state index in [1.165, 1.54) is 0 Å². The van der Waals surface area contributed by atoms with Gasteiger partial charge in [-0.2, -0.15) is 0 Å². The van der Waals surface area contributed by atoms with E-state index in [1.54, 1.807) is 28.8 Å². The van der Waals surface area contributed by atoms with Gasteiger partial charge in [-0.05, 0) is 42.3 Å². The van der Waals surface area contributed by atoms with Crippen molar-refractivity contribution in [2.45, 2.75) is 13.5 Å². The molecule has 1 heterocycles. The highest BCUT2D eigenvalue weighted by molar-refractivity contribution is 6.31. The second-order valence-electron chi connectivity index (χ2n) is 5.26. The van der Waals surface area contributed by atoms with Crippen LogP contribution in [0, 0.1) is 6.92 Å². The van der Waals surface area contributed by atoms with Gasteiger partial charge >= 0.3 is 6.16 Å². The van der Waals surface area contributed by atoms with E-state index in [0.717, 1.165) is 16.6 Å². The number of hydrogen-bond donors (Lipinski definition) is 2. The number of nitrogens with zero attached hydrogens (tertiary/aromatic N) is 1. The molecule has 0 aliphatic heterocycles. The fraction of sp³-hybridized carbons (Fsp3) is 0.118. The largest absolute Gasteiger partial charge is 0.512 e. The van der Waals surface area contributed by atoms with Crippen molar-refractivity contribution in [3.63, 3.8) is 0 Å². The molecule has 2 aromatic carbocycles. The molecule has 0 amide bonds. The summed E-state index contributed by atoms with van der Waals surface area (Å²) in [6, 6.07) is 12.1. The Kier molecular flexibility index (Phi) is 3.88. The molecule has 0 saturated heterocycles. The van der Waals surface area contributed by atoms with Crippen LogP contribution in [0.2, 0.25) is 5.02 Å². The van der Waals surface area contributed by atoms with Crippen molar-refractivity contribution in [1.82, 2.24) is 4.57 Å². The molecule has 0 aliphatic carbocycles. The molecule has 0 bridgehead atoms. The second kappa shape index (κ2) is 5.85. The summed E-state index contributed by atoms with van der Waals surface area (Å²) in [6.07, 6.45) is -1.39. The van der Waals surface area contributed by atoms with Crippen LogP contribution in [0.1, 0.15) is 11.1 Å². The Labute approximate surface area is 137 Å². The molecule has 0 aliphatic rings. The van der Waals surface area contributed by atoms with E-state index >= 15 is 0 Å². The lowest BCUT2D eigenvalue weighted by molar-refractivity contribution is 0.141. The van der Waals surface area contributed by atoms with Gasteiger partial charge in [-0.3, -0.25) is 0 Å². The van der Waals surface area contributed by atoms with Gasteiger partial charge in [0, 0.05) is 16.5 Å². The first-order valence-electron chi connectivity index (χ1n) is 6.92. The van der Waals surface area contributed by atoms with Crippen LogP contribution in [-0.4, -0.2) is 20.9 Å². The molecule has 0 fully saturated rings. The predicted octanol–water partition coefficient (Wildman–Crippen LogP) is 4.41. The molecule has 23 heavy (non-hydrogen) atoms. The quantitative estimate of drug-likeness (QED) is 0.697. The van der Waals surface area contributed by atoms with E-state index in [2.05, 4.69) is 0 Å². The van der Waals surface area contributed by atoms with E-state index in [4.69, 9.17) is 21.4 Å². The Bertz CT molecular complexity index is 901. The predicted molar refractivity (Wildman–Crippen MR) is 87.5 cm³/mol. The zero-order valence-corrected chi connectivity index (χ0v) is 13.0. The van der Waals surface area contributed by atoms with Gasteiger partial charge in [-0.15, -0.1) is 0 Å². The summed E-state index contributed by atoms with van der Waals surface area (Å²) in [5.41, 5.74) is 2.65. The second-order valence-corrected chi connectivity index (χ2v) is 5.67. The monoisotopic (exact) mass is 331 g/mol. The van der Waals surface area contributed by atoms with Crippen LogP contribution in [0.15, 0.2) is 42.5 Å². The molecule has 0 radical (unpaired) electrons. The van der Waals surface area contributed by atoms with Gasteiger partial charge in [-0.25, -0.2) is 4.79 Å². The Morgan fingerprint density at radius 2 is 2.00 bits per heavy atom. The van der Waals surface area contributed by atoms with Crippen molar-refractivity contribution < 1.29 is 19.7 Å². The molecule has 0 saturated carbocycles. The number of carbonyl (C=O) groups is 1. The van der Waals surface area contributed by atoms with Crippen LogP contribution in [-0.2, 0) is 6.54 Å². The number of halogens is 1. The topological polar surface area (TPSA) is 71.7 Å². The molecule has 0 spiro atoms. The lowest BCUT2D eigenvalue weighted by Gasteiger charge is -2.10. The van der Waals surface area contributed by atoms with Gasteiger partial charge in [0.15, 0.2) is 0 Å². The van der Waals surface area contributed by atoms with Crippen LogP contribution in [0.4, 0.5) is 4.79 Å². The summed E-state index contributed by atoms with van der Waals surface area (Å²) in [4.78, 5) is 10.9. The van der Waals surface area contributed by atoms with Crippen LogP contribution < -0.4 is 4.74 Å². The van der Waals surface area contributed by atoms with Crippen LogP contribution in [0.3, 0.4) is 0 Å². The highest BCUT2D eigenvalue weighted by Crippen LogP contribution is 2.30. The SMILES string of the molecule is Cc1ccc(Cn2c(OC(=O)O)cc3cc(O)ccc32)cc1Cl. The van der Waals surface area contributed by atoms with Crippen molar-refractivity contribution >= 4 is 28.7 Å². The van der Waals surface area contributed by atoms with E-state index in [9.17, 15) is 9.90 Å². The summed E-state index contributed by atoms with van der Waals surface area (Å²) < 4.78 is 6.59.